The first-order valence-electron chi connectivity index (χ1n) is 12.2. The lowest BCUT2D eigenvalue weighted by Crippen LogP contribution is -2.59. The first-order valence-corrected chi connectivity index (χ1v) is 13.1. The van der Waals surface area contributed by atoms with E-state index in [1.54, 1.807) is 32.2 Å². The van der Waals surface area contributed by atoms with E-state index in [4.69, 9.17) is 5.73 Å². The Morgan fingerprint density at radius 3 is 2.38 bits per heavy atom. The Morgan fingerprint density at radius 2 is 1.68 bits per heavy atom. The molecule has 2 aromatic heterocycles. The van der Waals surface area contributed by atoms with Gasteiger partial charge < -0.3 is 26.3 Å². The molecule has 0 aliphatic heterocycles. The van der Waals surface area contributed by atoms with Gasteiger partial charge in [0.25, 0.3) is 0 Å². The van der Waals surface area contributed by atoms with Gasteiger partial charge in [-0.25, -0.2) is 0 Å². The molecule has 0 aliphatic rings. The molecule has 4 rings (SSSR count). The third-order valence-corrected chi connectivity index (χ3v) is 7.46. The molecule has 5 N–H and O–H groups in total. The van der Waals surface area contributed by atoms with Crippen LogP contribution in [0, 0.1) is 0 Å². The summed E-state index contributed by atoms with van der Waals surface area (Å²) < 4.78 is 1.14. The molecule has 9 heteroatoms. The number of aromatic nitrogens is 1. The molecule has 0 radical (unpaired) electrons. The van der Waals surface area contributed by atoms with E-state index in [9.17, 15) is 14.4 Å². The summed E-state index contributed by atoms with van der Waals surface area (Å²) in [6.07, 6.45) is 1.95. The lowest BCUT2D eigenvalue weighted by molar-refractivity contribution is -0.139. The number of hydrogen-bond acceptors (Lipinski definition) is 5. The van der Waals surface area contributed by atoms with Gasteiger partial charge in [0, 0.05) is 48.6 Å². The average Bonchev–Trinajstić information content (AvgIpc) is 3.45. The zero-order chi connectivity index (χ0) is 26.7. The molecule has 4 aromatic rings. The molecule has 0 spiro atoms. The predicted molar refractivity (Wildman–Crippen MR) is 148 cm³/mol. The van der Waals surface area contributed by atoms with Crippen LogP contribution in [0.15, 0.2) is 60.1 Å². The van der Waals surface area contributed by atoms with Crippen molar-refractivity contribution in [2.24, 2.45) is 5.73 Å². The van der Waals surface area contributed by atoms with Gasteiger partial charge in [-0.05, 0) is 47.9 Å². The van der Waals surface area contributed by atoms with Crippen molar-refractivity contribution < 1.29 is 14.4 Å². The summed E-state index contributed by atoms with van der Waals surface area (Å²) in [5, 5.41) is 9.90. The van der Waals surface area contributed by atoms with E-state index >= 15 is 0 Å². The zero-order valence-corrected chi connectivity index (χ0v) is 22.3. The number of nitrogens with zero attached hydrogens (tertiary/aromatic N) is 1. The number of thiophene rings is 1. The topological polar surface area (TPSA) is 120 Å². The van der Waals surface area contributed by atoms with Crippen molar-refractivity contribution in [1.82, 2.24) is 20.5 Å². The van der Waals surface area contributed by atoms with Gasteiger partial charge in [-0.15, -0.1) is 11.3 Å². The summed E-state index contributed by atoms with van der Waals surface area (Å²) >= 11 is 1.63. The highest BCUT2D eigenvalue weighted by Gasteiger charge is 2.33. The van der Waals surface area contributed by atoms with E-state index in [-0.39, 0.29) is 18.2 Å². The van der Waals surface area contributed by atoms with Gasteiger partial charge in [0.2, 0.25) is 17.7 Å². The largest absolute Gasteiger partial charge is 0.361 e. The maximum atomic E-state index is 13.9. The Morgan fingerprint density at radius 1 is 1.00 bits per heavy atom. The van der Waals surface area contributed by atoms with E-state index in [0.717, 1.165) is 32.1 Å². The monoisotopic (exact) mass is 519 g/mol. The molecule has 2 aromatic carbocycles. The molecule has 3 amide bonds. The van der Waals surface area contributed by atoms with Crippen molar-refractivity contribution in [3.63, 3.8) is 0 Å². The number of para-hydroxylation sites is 1. The molecule has 0 unspecified atom stereocenters. The van der Waals surface area contributed by atoms with Crippen molar-refractivity contribution in [2.45, 2.75) is 51.4 Å². The maximum Gasteiger partial charge on any atom is 0.246 e. The number of benzene rings is 2. The van der Waals surface area contributed by atoms with Crippen LogP contribution in [0.1, 0.15) is 31.9 Å². The number of aromatic amines is 1. The van der Waals surface area contributed by atoms with Crippen molar-refractivity contribution in [1.29, 1.82) is 0 Å². The Labute approximate surface area is 220 Å². The summed E-state index contributed by atoms with van der Waals surface area (Å²) in [4.78, 5) is 43.6. The maximum absolute atomic E-state index is 13.9. The molecule has 0 aliphatic carbocycles. The summed E-state index contributed by atoms with van der Waals surface area (Å²) in [5.41, 5.74) is 7.76. The zero-order valence-electron chi connectivity index (χ0n) is 21.5. The number of H-pyrrole nitrogens is 1. The van der Waals surface area contributed by atoms with Gasteiger partial charge in [-0.3, -0.25) is 14.4 Å². The van der Waals surface area contributed by atoms with Gasteiger partial charge in [-0.1, -0.05) is 36.4 Å². The van der Waals surface area contributed by atoms with Crippen LogP contribution in [-0.2, 0) is 27.2 Å². The fourth-order valence-electron chi connectivity index (χ4n) is 4.38. The van der Waals surface area contributed by atoms with E-state index in [2.05, 4.69) is 21.0 Å². The summed E-state index contributed by atoms with van der Waals surface area (Å²) in [5.74, 6) is -0.996. The van der Waals surface area contributed by atoms with Gasteiger partial charge in [0.15, 0.2) is 0 Å². The fourth-order valence-corrected chi connectivity index (χ4v) is 5.36. The highest BCUT2D eigenvalue weighted by atomic mass is 32.1. The van der Waals surface area contributed by atoms with Crippen LogP contribution in [0.25, 0.3) is 21.0 Å². The summed E-state index contributed by atoms with van der Waals surface area (Å²) in [6, 6.07) is 15.0. The van der Waals surface area contributed by atoms with E-state index < -0.39 is 23.7 Å². The Bertz CT molecular complexity index is 1430. The molecule has 8 nitrogen and oxygen atoms in total. The number of fused-ring (bicyclic) bond motifs is 2. The number of rotatable bonds is 9. The van der Waals surface area contributed by atoms with Crippen molar-refractivity contribution in [3.8, 4) is 0 Å². The molecular formula is C28H33N5O3S. The van der Waals surface area contributed by atoms with Gasteiger partial charge in [0.1, 0.15) is 12.2 Å². The predicted octanol–water partition coefficient (Wildman–Crippen LogP) is 3.31. The minimum atomic E-state index is -1.16. The number of carbonyl (C=O) groups is 3. The minimum Gasteiger partial charge on any atom is -0.361 e. The molecule has 2 heterocycles. The summed E-state index contributed by atoms with van der Waals surface area (Å²) in [7, 11) is 1.65. The first-order chi connectivity index (χ1) is 17.5. The third-order valence-electron chi connectivity index (χ3n) is 6.45. The fraction of sp³-hybridized carbons (Fsp3) is 0.321. The number of nitrogens with one attached hydrogen (secondary N) is 3. The lowest BCUT2D eigenvalue weighted by atomic mass is 10.0. The highest BCUT2D eigenvalue weighted by molar-refractivity contribution is 7.17. The molecule has 194 valence electrons. The van der Waals surface area contributed by atoms with Crippen molar-refractivity contribution >= 4 is 50.0 Å². The normalized spacial score (nSPS) is 13.3. The van der Waals surface area contributed by atoms with Gasteiger partial charge in [-0.2, -0.15) is 0 Å². The van der Waals surface area contributed by atoms with Gasteiger partial charge >= 0.3 is 0 Å². The lowest BCUT2D eigenvalue weighted by Gasteiger charge is -2.33. The minimum absolute atomic E-state index is 0.246. The number of hydrogen-bond donors (Lipinski definition) is 4. The second-order valence-corrected chi connectivity index (χ2v) is 10.8. The Balaban J connectivity index is 1.63. The second-order valence-electron chi connectivity index (χ2n) is 9.94. The third kappa shape index (κ3) is 6.00. The van der Waals surface area contributed by atoms with Crippen LogP contribution in [0.3, 0.4) is 0 Å². The van der Waals surface area contributed by atoms with Crippen LogP contribution >= 0.6 is 11.3 Å². The molecule has 0 fully saturated rings. The molecule has 37 heavy (non-hydrogen) atoms. The van der Waals surface area contributed by atoms with Gasteiger partial charge in [0.05, 0.1) is 5.54 Å². The molecule has 0 saturated heterocycles. The average molecular weight is 520 g/mol. The van der Waals surface area contributed by atoms with Crippen LogP contribution in [0.4, 0.5) is 0 Å². The van der Waals surface area contributed by atoms with Crippen LogP contribution < -0.4 is 16.4 Å². The first kappa shape index (κ1) is 26.4. The molecule has 0 saturated carbocycles. The van der Waals surface area contributed by atoms with Crippen LogP contribution in [0.5, 0.6) is 0 Å². The number of likely N-dealkylation sites (N-methyl/N-ethyl adjacent to an activating group) is 1. The Kier molecular flexibility index (Phi) is 7.65. The van der Waals surface area contributed by atoms with E-state index in [1.807, 2.05) is 54.7 Å². The molecule has 0 bridgehead atoms. The number of carbonyl (C=O) groups excluding carboxylic acids is 3. The Hall–Kier alpha value is -3.69. The SMILES string of the molecule is CC(=O)N[C@@H](Cc1csc2ccccc12)N(C)C(=O)[C@@H](Cc1c[nH]c2ccccc12)NC(=O)C(C)(C)N. The van der Waals surface area contributed by atoms with Crippen molar-refractivity contribution in [2.75, 3.05) is 7.05 Å². The molecular weight excluding hydrogens is 486 g/mol. The smallest absolute Gasteiger partial charge is 0.246 e. The van der Waals surface area contributed by atoms with Crippen LogP contribution in [-0.4, -0.2) is 52.4 Å². The quantitative estimate of drug-likeness (QED) is 0.254. The molecule has 2 atom stereocenters. The summed E-state index contributed by atoms with van der Waals surface area (Å²) in [6.45, 7) is 4.63. The second kappa shape index (κ2) is 10.7. The van der Waals surface area contributed by atoms with E-state index in [1.165, 1.54) is 11.8 Å². The highest BCUT2D eigenvalue weighted by Crippen LogP contribution is 2.27. The van der Waals surface area contributed by atoms with Crippen molar-refractivity contribution in [3.05, 3.63) is 71.2 Å². The van der Waals surface area contributed by atoms with E-state index in [0.29, 0.717) is 6.42 Å². The van der Waals surface area contributed by atoms with Crippen LogP contribution in [0.2, 0.25) is 0 Å². The number of nitrogens with two attached hydrogens (primary N) is 1. The number of amides is 3. The standard InChI is InChI=1S/C28H33N5O3S/c1-17(34)31-25(14-19-16-37-24-12-8-6-10-21(19)24)33(4)26(35)23(32-27(36)28(2,3)29)13-18-15-30-22-11-7-5-9-20(18)22/h5-12,15-16,23,25,30H,13-14,29H2,1-4H3,(H,31,34)(H,32,36)/t23-,25-/m1/s1.